The standard InChI is InChI=1S/C9H18F3NO/c1-7(4-3-5-14)13-8(2)6-9(10,11)12/h7-8,13-14H,3-6H2,1-2H3. The molecule has 0 saturated carbocycles. The van der Waals surface area contributed by atoms with E-state index in [2.05, 4.69) is 5.32 Å². The largest absolute Gasteiger partial charge is 0.396 e. The first kappa shape index (κ1) is 13.7. The van der Waals surface area contributed by atoms with Crippen LogP contribution in [0.25, 0.3) is 0 Å². The van der Waals surface area contributed by atoms with Crippen molar-refractivity contribution in [1.29, 1.82) is 0 Å². The topological polar surface area (TPSA) is 32.3 Å². The van der Waals surface area contributed by atoms with Gasteiger partial charge in [-0.25, -0.2) is 0 Å². The van der Waals surface area contributed by atoms with E-state index in [1.165, 1.54) is 6.92 Å². The number of hydrogen-bond donors (Lipinski definition) is 2. The van der Waals surface area contributed by atoms with E-state index in [0.717, 1.165) is 0 Å². The highest BCUT2D eigenvalue weighted by molar-refractivity contribution is 4.70. The van der Waals surface area contributed by atoms with Crippen molar-refractivity contribution in [3.63, 3.8) is 0 Å². The summed E-state index contributed by atoms with van der Waals surface area (Å²) in [6.07, 6.45) is -3.61. The van der Waals surface area contributed by atoms with Gasteiger partial charge in [-0.1, -0.05) is 0 Å². The predicted octanol–water partition coefficient (Wildman–Crippen LogP) is 2.08. The van der Waals surface area contributed by atoms with Crippen LogP contribution in [0.2, 0.25) is 0 Å². The molecular formula is C9H18F3NO. The van der Waals surface area contributed by atoms with E-state index in [9.17, 15) is 13.2 Å². The molecule has 2 unspecified atom stereocenters. The average Bonchev–Trinajstić information content (AvgIpc) is 1.96. The Bertz CT molecular complexity index is 149. The number of aliphatic hydroxyl groups is 1. The van der Waals surface area contributed by atoms with Crippen molar-refractivity contribution in [2.45, 2.75) is 51.4 Å². The zero-order valence-corrected chi connectivity index (χ0v) is 8.56. The molecule has 2 atom stereocenters. The Balaban J connectivity index is 3.65. The van der Waals surface area contributed by atoms with Crippen LogP contribution in [0.15, 0.2) is 0 Å². The van der Waals surface area contributed by atoms with E-state index in [1.54, 1.807) is 0 Å². The van der Waals surface area contributed by atoms with Crippen LogP contribution in [0, 0.1) is 0 Å². The minimum absolute atomic E-state index is 0.0134. The van der Waals surface area contributed by atoms with Crippen molar-refractivity contribution >= 4 is 0 Å². The molecular weight excluding hydrogens is 195 g/mol. The predicted molar refractivity (Wildman–Crippen MR) is 49.1 cm³/mol. The number of halogens is 3. The maximum absolute atomic E-state index is 11.9. The molecule has 0 heterocycles. The average molecular weight is 213 g/mol. The fourth-order valence-corrected chi connectivity index (χ4v) is 1.37. The second-order valence-corrected chi connectivity index (χ2v) is 3.65. The lowest BCUT2D eigenvalue weighted by Gasteiger charge is -2.20. The summed E-state index contributed by atoms with van der Waals surface area (Å²) in [7, 11) is 0. The molecule has 0 aliphatic rings. The van der Waals surface area contributed by atoms with Crippen LogP contribution in [0.1, 0.15) is 33.1 Å². The maximum atomic E-state index is 11.9. The summed E-state index contributed by atoms with van der Waals surface area (Å²) in [4.78, 5) is 0. The molecule has 2 N–H and O–H groups in total. The van der Waals surface area contributed by atoms with Crippen LogP contribution >= 0.6 is 0 Å². The SMILES string of the molecule is CC(CCCO)NC(C)CC(F)(F)F. The number of hydrogen-bond acceptors (Lipinski definition) is 2. The van der Waals surface area contributed by atoms with Crippen molar-refractivity contribution < 1.29 is 18.3 Å². The minimum Gasteiger partial charge on any atom is -0.396 e. The molecule has 0 saturated heterocycles. The van der Waals surface area contributed by atoms with Gasteiger partial charge in [-0.3, -0.25) is 0 Å². The molecule has 0 aromatic heterocycles. The van der Waals surface area contributed by atoms with Crippen LogP contribution in [0.5, 0.6) is 0 Å². The van der Waals surface area contributed by atoms with Gasteiger partial charge in [-0.2, -0.15) is 13.2 Å². The Morgan fingerprint density at radius 2 is 1.79 bits per heavy atom. The third-order valence-electron chi connectivity index (χ3n) is 1.90. The van der Waals surface area contributed by atoms with Crippen LogP contribution in [0.3, 0.4) is 0 Å². The van der Waals surface area contributed by atoms with Gasteiger partial charge in [0.25, 0.3) is 0 Å². The molecule has 86 valence electrons. The van der Waals surface area contributed by atoms with E-state index in [4.69, 9.17) is 5.11 Å². The Morgan fingerprint density at radius 1 is 1.21 bits per heavy atom. The lowest BCUT2D eigenvalue weighted by atomic mass is 10.1. The van der Waals surface area contributed by atoms with Gasteiger partial charge in [0.2, 0.25) is 0 Å². The zero-order chi connectivity index (χ0) is 11.2. The van der Waals surface area contributed by atoms with E-state index in [0.29, 0.717) is 12.8 Å². The fourth-order valence-electron chi connectivity index (χ4n) is 1.37. The first-order chi connectivity index (χ1) is 6.35. The van der Waals surface area contributed by atoms with Gasteiger partial charge in [0.15, 0.2) is 0 Å². The van der Waals surface area contributed by atoms with Crippen LogP contribution in [-0.4, -0.2) is 30.0 Å². The van der Waals surface area contributed by atoms with Crippen molar-refractivity contribution in [1.82, 2.24) is 5.32 Å². The lowest BCUT2D eigenvalue weighted by molar-refractivity contribution is -0.139. The van der Waals surface area contributed by atoms with E-state index in [1.807, 2.05) is 6.92 Å². The second-order valence-electron chi connectivity index (χ2n) is 3.65. The molecule has 0 aromatic carbocycles. The monoisotopic (exact) mass is 213 g/mol. The van der Waals surface area contributed by atoms with Gasteiger partial charge in [0.05, 0.1) is 6.42 Å². The first-order valence-electron chi connectivity index (χ1n) is 4.79. The molecule has 0 aromatic rings. The molecule has 0 bridgehead atoms. The summed E-state index contributed by atoms with van der Waals surface area (Å²) >= 11 is 0. The number of alkyl halides is 3. The number of aliphatic hydroxyl groups excluding tert-OH is 1. The van der Waals surface area contributed by atoms with Gasteiger partial charge in [-0.15, -0.1) is 0 Å². The minimum atomic E-state index is -4.11. The Morgan fingerprint density at radius 3 is 2.21 bits per heavy atom. The summed E-state index contributed by atoms with van der Waals surface area (Å²) < 4.78 is 35.8. The van der Waals surface area contributed by atoms with Gasteiger partial charge in [-0.05, 0) is 26.7 Å². The molecule has 2 nitrogen and oxygen atoms in total. The van der Waals surface area contributed by atoms with Crippen LogP contribution < -0.4 is 5.32 Å². The molecule has 0 aliphatic carbocycles. The maximum Gasteiger partial charge on any atom is 0.390 e. The van der Waals surface area contributed by atoms with Crippen LogP contribution in [0.4, 0.5) is 13.2 Å². The van der Waals surface area contributed by atoms with Crippen molar-refractivity contribution in [2.24, 2.45) is 0 Å². The summed E-state index contributed by atoms with van der Waals surface area (Å²) in [5.74, 6) is 0. The summed E-state index contributed by atoms with van der Waals surface area (Å²) in [5.41, 5.74) is 0. The van der Waals surface area contributed by atoms with Crippen molar-refractivity contribution in [3.05, 3.63) is 0 Å². The molecule has 0 rings (SSSR count). The summed E-state index contributed by atoms with van der Waals surface area (Å²) in [5, 5.41) is 11.4. The zero-order valence-electron chi connectivity index (χ0n) is 8.56. The smallest absolute Gasteiger partial charge is 0.390 e. The molecule has 0 spiro atoms. The number of nitrogens with one attached hydrogen (secondary N) is 1. The Labute approximate surface area is 82.5 Å². The van der Waals surface area contributed by atoms with Crippen LogP contribution in [-0.2, 0) is 0 Å². The highest BCUT2D eigenvalue weighted by Crippen LogP contribution is 2.21. The quantitative estimate of drug-likeness (QED) is 0.708. The van der Waals surface area contributed by atoms with Gasteiger partial charge in [0.1, 0.15) is 0 Å². The second kappa shape index (κ2) is 6.24. The Hall–Kier alpha value is -0.290. The van der Waals surface area contributed by atoms with Gasteiger partial charge in [0, 0.05) is 18.7 Å². The van der Waals surface area contributed by atoms with E-state index < -0.39 is 18.6 Å². The molecule has 0 amide bonds. The van der Waals surface area contributed by atoms with Crippen molar-refractivity contribution in [3.8, 4) is 0 Å². The Kier molecular flexibility index (Phi) is 6.11. The third-order valence-corrected chi connectivity index (χ3v) is 1.90. The highest BCUT2D eigenvalue weighted by Gasteiger charge is 2.30. The third kappa shape index (κ3) is 8.31. The summed E-state index contributed by atoms with van der Waals surface area (Å²) in [6.45, 7) is 3.42. The molecule has 14 heavy (non-hydrogen) atoms. The fraction of sp³-hybridized carbons (Fsp3) is 1.00. The normalized spacial score (nSPS) is 16.7. The molecule has 0 aliphatic heterocycles. The van der Waals surface area contributed by atoms with Crippen molar-refractivity contribution in [2.75, 3.05) is 6.61 Å². The molecule has 0 radical (unpaired) electrons. The van der Waals surface area contributed by atoms with Gasteiger partial charge >= 0.3 is 6.18 Å². The summed E-state index contributed by atoms with van der Waals surface area (Å²) in [6, 6.07) is -0.553. The molecule has 5 heteroatoms. The lowest BCUT2D eigenvalue weighted by Crippen LogP contribution is -2.37. The van der Waals surface area contributed by atoms with Gasteiger partial charge < -0.3 is 10.4 Å². The molecule has 0 fully saturated rings. The first-order valence-corrected chi connectivity index (χ1v) is 4.79. The number of rotatable bonds is 6. The van der Waals surface area contributed by atoms with E-state index in [-0.39, 0.29) is 12.6 Å². The van der Waals surface area contributed by atoms with E-state index >= 15 is 0 Å². The highest BCUT2D eigenvalue weighted by atomic mass is 19.4.